The van der Waals surface area contributed by atoms with Crippen molar-refractivity contribution in [1.82, 2.24) is 29.3 Å². The first-order valence-corrected chi connectivity index (χ1v) is 9.99. The predicted molar refractivity (Wildman–Crippen MR) is 119 cm³/mol. The summed E-state index contributed by atoms with van der Waals surface area (Å²) in [6.45, 7) is 0. The van der Waals surface area contributed by atoms with Gasteiger partial charge in [0.05, 0.1) is 42.1 Å². The van der Waals surface area contributed by atoms with Gasteiger partial charge in [0.2, 0.25) is 5.88 Å². The van der Waals surface area contributed by atoms with Gasteiger partial charge in [-0.25, -0.2) is 19.6 Å². The summed E-state index contributed by atoms with van der Waals surface area (Å²) in [5.41, 5.74) is 5.94. The number of nitrogens with zero attached hydrogens (tertiary/aromatic N) is 7. The Kier molecular flexibility index (Phi) is 4.84. The maximum atomic E-state index is 10.1. The second kappa shape index (κ2) is 7.96. The Morgan fingerprint density at radius 1 is 1.06 bits per heavy atom. The molecule has 0 unspecified atom stereocenters. The maximum absolute atomic E-state index is 10.1. The molecule has 0 bridgehead atoms. The van der Waals surface area contributed by atoms with E-state index in [1.54, 1.807) is 24.4 Å². The lowest BCUT2D eigenvalue weighted by Crippen LogP contribution is -2.02. The molecule has 156 valence electrons. The van der Waals surface area contributed by atoms with Gasteiger partial charge in [0.25, 0.3) is 0 Å². The van der Waals surface area contributed by atoms with E-state index in [-0.39, 0.29) is 0 Å². The molecule has 0 spiro atoms. The first kappa shape index (κ1) is 19.5. The zero-order valence-corrected chi connectivity index (χ0v) is 17.6. The Balaban J connectivity index is 1.59. The molecule has 5 rings (SSSR count). The van der Waals surface area contributed by atoms with Crippen molar-refractivity contribution in [2.75, 3.05) is 7.11 Å². The molecule has 0 fully saturated rings. The molecular formula is C24H19N7O. The van der Waals surface area contributed by atoms with Crippen LogP contribution in [0, 0.1) is 11.3 Å². The molecule has 3 heterocycles. The molecule has 0 atom stereocenters. The number of hydrogen-bond donors (Lipinski definition) is 0. The third kappa shape index (κ3) is 3.36. The van der Waals surface area contributed by atoms with Crippen LogP contribution in [0.25, 0.3) is 27.8 Å². The topological polar surface area (TPSA) is 94.4 Å². The molecule has 2 aromatic carbocycles. The van der Waals surface area contributed by atoms with Crippen molar-refractivity contribution in [3.05, 3.63) is 84.3 Å². The molecule has 0 saturated carbocycles. The predicted octanol–water partition coefficient (Wildman–Crippen LogP) is 3.69. The summed E-state index contributed by atoms with van der Waals surface area (Å²) in [5.74, 6) is 0.461. The van der Waals surface area contributed by atoms with Crippen LogP contribution >= 0.6 is 0 Å². The van der Waals surface area contributed by atoms with Crippen LogP contribution in [-0.4, -0.2) is 36.4 Å². The largest absolute Gasteiger partial charge is 0.481 e. The first-order chi connectivity index (χ1) is 15.7. The van der Waals surface area contributed by atoms with Crippen LogP contribution in [-0.2, 0) is 13.5 Å². The summed E-state index contributed by atoms with van der Waals surface area (Å²) >= 11 is 0. The molecule has 0 amide bonds. The van der Waals surface area contributed by atoms with Gasteiger partial charge in [-0.15, -0.1) is 0 Å². The van der Waals surface area contributed by atoms with E-state index < -0.39 is 0 Å². The zero-order valence-electron chi connectivity index (χ0n) is 17.6. The number of aromatic nitrogens is 6. The van der Waals surface area contributed by atoms with Crippen LogP contribution in [0.3, 0.4) is 0 Å². The summed E-state index contributed by atoms with van der Waals surface area (Å²) in [6.07, 6.45) is 7.23. The zero-order chi connectivity index (χ0) is 22.1. The minimum Gasteiger partial charge on any atom is -0.481 e. The van der Waals surface area contributed by atoms with Crippen LogP contribution in [0.4, 0.5) is 0 Å². The van der Waals surface area contributed by atoms with E-state index in [2.05, 4.69) is 26.1 Å². The Labute approximate surface area is 184 Å². The number of hydrogen-bond acceptors (Lipinski definition) is 6. The van der Waals surface area contributed by atoms with Gasteiger partial charge in [-0.05, 0) is 29.8 Å². The minimum absolute atomic E-state index is 0.461. The fraction of sp³-hybridized carbons (Fsp3) is 0.125. The minimum atomic E-state index is 0.461. The lowest BCUT2D eigenvalue weighted by molar-refractivity contribution is 0.395. The quantitative estimate of drug-likeness (QED) is 0.430. The molecule has 32 heavy (non-hydrogen) atoms. The lowest BCUT2D eigenvalue weighted by Gasteiger charge is -2.14. The molecule has 0 aliphatic rings. The molecule has 0 radical (unpaired) electrons. The van der Waals surface area contributed by atoms with Gasteiger partial charge in [0.15, 0.2) is 0 Å². The molecule has 0 aliphatic heterocycles. The highest BCUT2D eigenvalue weighted by molar-refractivity contribution is 5.90. The number of ether oxygens (including phenoxy) is 1. The van der Waals surface area contributed by atoms with Crippen molar-refractivity contribution in [3.63, 3.8) is 0 Å². The molecule has 8 heteroatoms. The van der Waals surface area contributed by atoms with E-state index in [0.717, 1.165) is 39.0 Å². The highest BCUT2D eigenvalue weighted by Gasteiger charge is 2.17. The molecule has 0 N–H and O–H groups in total. The number of fused-ring (bicyclic) bond motifs is 1. The highest BCUT2D eigenvalue weighted by atomic mass is 16.5. The van der Waals surface area contributed by atoms with Crippen LogP contribution in [0.2, 0.25) is 0 Å². The summed E-state index contributed by atoms with van der Waals surface area (Å²) in [4.78, 5) is 12.9. The average molecular weight is 421 g/mol. The average Bonchev–Trinajstić information content (AvgIpc) is 3.51. The van der Waals surface area contributed by atoms with Gasteiger partial charge in [-0.3, -0.25) is 0 Å². The number of methoxy groups -OCH3 is 1. The second-order valence-corrected chi connectivity index (χ2v) is 7.39. The third-order valence-electron chi connectivity index (χ3n) is 5.47. The molecule has 5 aromatic rings. The summed E-state index contributed by atoms with van der Waals surface area (Å²) in [5, 5.41) is 15.0. The number of imidazole rings is 1. The molecule has 0 aliphatic carbocycles. The first-order valence-electron chi connectivity index (χ1n) is 9.99. The van der Waals surface area contributed by atoms with Crippen molar-refractivity contribution in [2.45, 2.75) is 6.42 Å². The smallest absolute Gasteiger partial charge is 0.218 e. The molecule has 8 nitrogen and oxygen atoms in total. The second-order valence-electron chi connectivity index (χ2n) is 7.39. The summed E-state index contributed by atoms with van der Waals surface area (Å²) in [6, 6.07) is 16.2. The number of pyridine rings is 1. The van der Waals surface area contributed by atoms with E-state index in [0.29, 0.717) is 17.9 Å². The van der Waals surface area contributed by atoms with Crippen molar-refractivity contribution in [1.29, 1.82) is 5.26 Å². The van der Waals surface area contributed by atoms with Gasteiger partial charge >= 0.3 is 0 Å². The number of nitriles is 1. The number of aryl methyl sites for hydroxylation is 1. The van der Waals surface area contributed by atoms with E-state index in [4.69, 9.17) is 4.74 Å². The van der Waals surface area contributed by atoms with Crippen molar-refractivity contribution < 1.29 is 4.74 Å². The standard InChI is InChI=1S/C24H19N7O/c1-30-14-26-12-23(30)17-5-8-22-19(10-17)21(11-25)20(24(29-22)32-2)9-16-3-6-18(7-4-16)31-15-27-13-28-31/h3-8,10,12-15H,9H2,1-2H3. The Bertz CT molecular complexity index is 1440. The normalized spacial score (nSPS) is 10.9. The van der Waals surface area contributed by atoms with E-state index >= 15 is 0 Å². The van der Waals surface area contributed by atoms with Gasteiger partial charge in [-0.1, -0.05) is 18.2 Å². The number of benzene rings is 2. The van der Waals surface area contributed by atoms with Gasteiger partial charge < -0.3 is 9.30 Å². The van der Waals surface area contributed by atoms with E-state index in [1.807, 2.05) is 60.3 Å². The van der Waals surface area contributed by atoms with Crippen molar-refractivity contribution in [3.8, 4) is 28.9 Å². The van der Waals surface area contributed by atoms with Crippen LogP contribution < -0.4 is 4.74 Å². The van der Waals surface area contributed by atoms with Crippen LogP contribution in [0.5, 0.6) is 5.88 Å². The van der Waals surface area contributed by atoms with Gasteiger partial charge in [0, 0.05) is 30.0 Å². The van der Waals surface area contributed by atoms with Crippen LogP contribution in [0.1, 0.15) is 16.7 Å². The SMILES string of the molecule is COc1nc2ccc(-c3cncn3C)cc2c(C#N)c1Cc1ccc(-n2cncn2)cc1. The van der Waals surface area contributed by atoms with Gasteiger partial charge in [0.1, 0.15) is 18.7 Å². The monoisotopic (exact) mass is 421 g/mol. The maximum Gasteiger partial charge on any atom is 0.218 e. The van der Waals surface area contributed by atoms with Crippen molar-refractivity contribution in [2.24, 2.45) is 7.05 Å². The van der Waals surface area contributed by atoms with Gasteiger partial charge in [-0.2, -0.15) is 10.4 Å². The molecule has 0 saturated heterocycles. The Morgan fingerprint density at radius 3 is 2.56 bits per heavy atom. The Hall–Kier alpha value is -4.51. The molecular weight excluding hydrogens is 402 g/mol. The van der Waals surface area contributed by atoms with Crippen LogP contribution in [0.15, 0.2) is 67.6 Å². The van der Waals surface area contributed by atoms with E-state index in [9.17, 15) is 5.26 Å². The summed E-state index contributed by atoms with van der Waals surface area (Å²) in [7, 11) is 3.52. The fourth-order valence-electron chi connectivity index (χ4n) is 3.85. The van der Waals surface area contributed by atoms with Crippen molar-refractivity contribution >= 4 is 10.9 Å². The lowest BCUT2D eigenvalue weighted by atomic mass is 9.96. The highest BCUT2D eigenvalue weighted by Crippen LogP contribution is 2.32. The Morgan fingerprint density at radius 2 is 1.91 bits per heavy atom. The fourth-order valence-corrected chi connectivity index (χ4v) is 3.85. The molecule has 3 aromatic heterocycles. The number of rotatable bonds is 5. The third-order valence-corrected chi connectivity index (χ3v) is 5.47. The summed E-state index contributed by atoms with van der Waals surface area (Å²) < 4.78 is 9.22. The van der Waals surface area contributed by atoms with E-state index in [1.165, 1.54) is 6.33 Å².